The molecule has 1 amide bonds. The maximum absolute atomic E-state index is 12.2. The Hall–Kier alpha value is -2.82. The van der Waals surface area contributed by atoms with Crippen LogP contribution in [0.1, 0.15) is 39.9 Å². The molecule has 27 heavy (non-hydrogen) atoms. The lowest BCUT2D eigenvalue weighted by atomic mass is 10.0. The molecule has 0 atom stereocenters. The number of ketones is 1. The predicted octanol–water partition coefficient (Wildman–Crippen LogP) is 3.64. The molecule has 0 fully saturated rings. The summed E-state index contributed by atoms with van der Waals surface area (Å²) in [5, 5.41) is 2.86. The quantitative estimate of drug-likeness (QED) is 0.686. The van der Waals surface area contributed by atoms with E-state index in [1.165, 1.54) is 0 Å². The van der Waals surface area contributed by atoms with Gasteiger partial charge in [-0.05, 0) is 55.2 Å². The molecule has 0 aliphatic heterocycles. The molecular formula is C22H27NO4. The number of hydrogen-bond donors (Lipinski definition) is 1. The monoisotopic (exact) mass is 369 g/mol. The van der Waals surface area contributed by atoms with Crippen LogP contribution in [0, 0.1) is 13.8 Å². The summed E-state index contributed by atoms with van der Waals surface area (Å²) in [5.74, 6) is 1.22. The van der Waals surface area contributed by atoms with Crippen molar-refractivity contribution < 1.29 is 19.1 Å². The van der Waals surface area contributed by atoms with Crippen LogP contribution in [0.4, 0.5) is 0 Å². The van der Waals surface area contributed by atoms with Gasteiger partial charge in [0, 0.05) is 24.9 Å². The molecule has 0 unspecified atom stereocenters. The molecule has 1 N–H and O–H groups in total. The number of nitrogens with one attached hydrogen (secondary N) is 1. The van der Waals surface area contributed by atoms with E-state index in [1.54, 1.807) is 14.2 Å². The van der Waals surface area contributed by atoms with E-state index in [0.717, 1.165) is 16.7 Å². The third-order valence-corrected chi connectivity index (χ3v) is 4.59. The Labute approximate surface area is 160 Å². The summed E-state index contributed by atoms with van der Waals surface area (Å²) in [5.41, 5.74) is 3.94. The Morgan fingerprint density at radius 3 is 2.30 bits per heavy atom. The molecule has 0 heterocycles. The number of Topliss-reactive ketones (excluding diaryl/α,β-unsaturated/α-hetero) is 1. The maximum Gasteiger partial charge on any atom is 0.220 e. The van der Waals surface area contributed by atoms with Crippen molar-refractivity contribution in [2.75, 3.05) is 20.8 Å². The van der Waals surface area contributed by atoms with Gasteiger partial charge in [0.25, 0.3) is 0 Å². The van der Waals surface area contributed by atoms with Gasteiger partial charge in [0.05, 0.1) is 14.2 Å². The summed E-state index contributed by atoms with van der Waals surface area (Å²) < 4.78 is 10.5. The van der Waals surface area contributed by atoms with E-state index < -0.39 is 0 Å². The molecule has 144 valence electrons. The Balaban J connectivity index is 1.77. The lowest BCUT2D eigenvalue weighted by Gasteiger charge is -2.10. The third kappa shape index (κ3) is 5.84. The largest absolute Gasteiger partial charge is 0.493 e. The van der Waals surface area contributed by atoms with E-state index >= 15 is 0 Å². The van der Waals surface area contributed by atoms with Gasteiger partial charge >= 0.3 is 0 Å². The molecule has 0 radical (unpaired) electrons. The Bertz CT molecular complexity index is 814. The second-order valence-electron chi connectivity index (χ2n) is 6.51. The van der Waals surface area contributed by atoms with Crippen LogP contribution in [-0.2, 0) is 11.2 Å². The van der Waals surface area contributed by atoms with Crippen molar-refractivity contribution in [2.24, 2.45) is 0 Å². The SMILES string of the molecule is COc1ccc(CCNC(=O)CCC(=O)c2ccc(C)c(C)c2)cc1OC. The standard InChI is InChI=1S/C22H27NO4/c1-15-5-7-18(13-16(15)2)19(24)8-10-22(25)23-12-11-17-6-9-20(26-3)21(14-17)27-4/h5-7,9,13-14H,8,10-12H2,1-4H3,(H,23,25). The zero-order chi connectivity index (χ0) is 19.8. The molecule has 0 aliphatic carbocycles. The van der Waals surface area contributed by atoms with Crippen LogP contribution >= 0.6 is 0 Å². The summed E-state index contributed by atoms with van der Waals surface area (Å²) in [7, 11) is 3.19. The number of aryl methyl sites for hydroxylation is 2. The molecule has 2 aromatic carbocycles. The second kappa shape index (κ2) is 9.76. The zero-order valence-corrected chi connectivity index (χ0v) is 16.4. The van der Waals surface area contributed by atoms with E-state index in [9.17, 15) is 9.59 Å². The van der Waals surface area contributed by atoms with Crippen molar-refractivity contribution in [1.29, 1.82) is 0 Å². The number of hydrogen-bond acceptors (Lipinski definition) is 4. The van der Waals surface area contributed by atoms with Crippen LogP contribution in [-0.4, -0.2) is 32.5 Å². The van der Waals surface area contributed by atoms with Crippen LogP contribution in [0.25, 0.3) is 0 Å². The molecule has 5 heteroatoms. The zero-order valence-electron chi connectivity index (χ0n) is 16.4. The topological polar surface area (TPSA) is 64.6 Å². The van der Waals surface area contributed by atoms with Gasteiger partial charge in [-0.25, -0.2) is 0 Å². The highest BCUT2D eigenvalue weighted by Gasteiger charge is 2.10. The van der Waals surface area contributed by atoms with Gasteiger partial charge in [0.2, 0.25) is 5.91 Å². The lowest BCUT2D eigenvalue weighted by molar-refractivity contribution is -0.121. The van der Waals surface area contributed by atoms with Crippen molar-refractivity contribution >= 4 is 11.7 Å². The minimum Gasteiger partial charge on any atom is -0.493 e. The molecule has 0 aliphatic rings. The molecule has 0 spiro atoms. The van der Waals surface area contributed by atoms with Crippen LogP contribution in [0.5, 0.6) is 11.5 Å². The number of methoxy groups -OCH3 is 2. The second-order valence-corrected chi connectivity index (χ2v) is 6.51. The van der Waals surface area contributed by atoms with Crippen molar-refractivity contribution in [3.05, 3.63) is 58.7 Å². The summed E-state index contributed by atoms with van der Waals surface area (Å²) in [4.78, 5) is 24.2. The Morgan fingerprint density at radius 2 is 1.63 bits per heavy atom. The van der Waals surface area contributed by atoms with Crippen molar-refractivity contribution in [1.82, 2.24) is 5.32 Å². The first-order valence-corrected chi connectivity index (χ1v) is 9.02. The number of ether oxygens (including phenoxy) is 2. The van der Waals surface area contributed by atoms with Crippen molar-refractivity contribution in [2.45, 2.75) is 33.1 Å². The summed E-state index contributed by atoms with van der Waals surface area (Å²) >= 11 is 0. The highest BCUT2D eigenvalue weighted by atomic mass is 16.5. The summed E-state index contributed by atoms with van der Waals surface area (Å²) in [6.45, 7) is 4.49. The fraction of sp³-hybridized carbons (Fsp3) is 0.364. The van der Waals surface area contributed by atoms with Crippen LogP contribution in [0.2, 0.25) is 0 Å². The first-order chi connectivity index (χ1) is 12.9. The lowest BCUT2D eigenvalue weighted by Crippen LogP contribution is -2.26. The third-order valence-electron chi connectivity index (χ3n) is 4.59. The molecule has 2 rings (SSSR count). The van der Waals surface area contributed by atoms with Gasteiger partial charge in [0.1, 0.15) is 0 Å². The summed E-state index contributed by atoms with van der Waals surface area (Å²) in [6.07, 6.45) is 1.08. The molecule has 2 aromatic rings. The molecule has 0 saturated carbocycles. The number of amides is 1. The van der Waals surface area contributed by atoms with Crippen molar-refractivity contribution in [3.63, 3.8) is 0 Å². The average molecular weight is 369 g/mol. The smallest absolute Gasteiger partial charge is 0.220 e. The predicted molar refractivity (Wildman–Crippen MR) is 106 cm³/mol. The maximum atomic E-state index is 12.2. The van der Waals surface area contributed by atoms with Gasteiger partial charge in [-0.2, -0.15) is 0 Å². The number of carbonyl (C=O) groups excluding carboxylic acids is 2. The van der Waals surface area contributed by atoms with Gasteiger partial charge in [0.15, 0.2) is 17.3 Å². The van der Waals surface area contributed by atoms with Gasteiger partial charge in [-0.3, -0.25) is 9.59 Å². The summed E-state index contributed by atoms with van der Waals surface area (Å²) in [6, 6.07) is 11.3. The van der Waals surface area contributed by atoms with Gasteiger partial charge < -0.3 is 14.8 Å². The Kier molecular flexibility index (Phi) is 7.41. The van der Waals surface area contributed by atoms with E-state index in [4.69, 9.17) is 9.47 Å². The van der Waals surface area contributed by atoms with E-state index in [1.807, 2.05) is 50.2 Å². The fourth-order valence-electron chi connectivity index (χ4n) is 2.76. The molecule has 0 saturated heterocycles. The molecular weight excluding hydrogens is 342 g/mol. The average Bonchev–Trinajstić information content (AvgIpc) is 2.68. The Morgan fingerprint density at radius 1 is 0.889 bits per heavy atom. The van der Waals surface area contributed by atoms with Gasteiger partial charge in [-0.15, -0.1) is 0 Å². The minimum absolute atomic E-state index is 0.00635. The highest BCUT2D eigenvalue weighted by molar-refractivity contribution is 5.98. The minimum atomic E-state index is -0.118. The van der Waals surface area contributed by atoms with E-state index in [2.05, 4.69) is 5.32 Å². The van der Waals surface area contributed by atoms with Crippen molar-refractivity contribution in [3.8, 4) is 11.5 Å². The van der Waals surface area contributed by atoms with E-state index in [-0.39, 0.29) is 24.5 Å². The number of rotatable bonds is 9. The van der Waals surface area contributed by atoms with E-state index in [0.29, 0.717) is 30.0 Å². The molecule has 0 bridgehead atoms. The van der Waals surface area contributed by atoms with Crippen LogP contribution in [0.15, 0.2) is 36.4 Å². The van der Waals surface area contributed by atoms with Gasteiger partial charge in [-0.1, -0.05) is 18.2 Å². The number of carbonyl (C=O) groups is 2. The first-order valence-electron chi connectivity index (χ1n) is 9.02. The molecule has 5 nitrogen and oxygen atoms in total. The fourth-order valence-corrected chi connectivity index (χ4v) is 2.76. The molecule has 0 aromatic heterocycles. The number of benzene rings is 2. The first kappa shape index (κ1) is 20.5. The normalized spacial score (nSPS) is 10.4. The van der Waals surface area contributed by atoms with Crippen LogP contribution < -0.4 is 14.8 Å². The van der Waals surface area contributed by atoms with Crippen LogP contribution in [0.3, 0.4) is 0 Å². The highest BCUT2D eigenvalue weighted by Crippen LogP contribution is 2.27.